The van der Waals surface area contributed by atoms with E-state index in [-0.39, 0.29) is 6.04 Å². The normalized spacial score (nSPS) is 20.3. The Morgan fingerprint density at radius 2 is 2.27 bits per heavy atom. The van der Waals surface area contributed by atoms with Crippen LogP contribution in [-0.4, -0.2) is 23.5 Å². The molecule has 2 heterocycles. The fraction of sp³-hybridized carbons (Fsp3) is 0.455. The van der Waals surface area contributed by atoms with Gasteiger partial charge in [0, 0.05) is 10.7 Å². The first-order chi connectivity index (χ1) is 7.16. The Balaban J connectivity index is 2.19. The lowest BCUT2D eigenvalue weighted by molar-refractivity contribution is 0.291. The molecule has 1 aliphatic heterocycles. The van der Waals surface area contributed by atoms with Gasteiger partial charge in [-0.1, -0.05) is 13.8 Å². The Hall–Kier alpha value is -0.900. The average molecular weight is 269 g/mol. The van der Waals surface area contributed by atoms with Crippen LogP contribution in [0.1, 0.15) is 19.5 Å². The molecule has 4 heteroatoms. The number of halogens is 1. The summed E-state index contributed by atoms with van der Waals surface area (Å²) in [5, 5.41) is 0. The third kappa shape index (κ3) is 2.37. The van der Waals surface area contributed by atoms with E-state index in [0.717, 1.165) is 10.2 Å². The van der Waals surface area contributed by atoms with Crippen LogP contribution < -0.4 is 0 Å². The molecule has 1 aromatic heterocycles. The number of nitrogens with zero attached hydrogens (tertiary/aromatic N) is 2. The fourth-order valence-corrected chi connectivity index (χ4v) is 1.61. The number of aliphatic imine (C=N–C) groups is 1. The van der Waals surface area contributed by atoms with Crippen molar-refractivity contribution in [2.45, 2.75) is 19.9 Å². The van der Waals surface area contributed by atoms with Crippen LogP contribution in [0.4, 0.5) is 0 Å². The van der Waals surface area contributed by atoms with E-state index < -0.39 is 0 Å². The van der Waals surface area contributed by atoms with Crippen molar-refractivity contribution < 1.29 is 4.74 Å². The van der Waals surface area contributed by atoms with Gasteiger partial charge in [-0.25, -0.2) is 4.99 Å². The summed E-state index contributed by atoms with van der Waals surface area (Å²) in [5.74, 6) is 1.18. The first kappa shape index (κ1) is 10.6. The van der Waals surface area contributed by atoms with Crippen molar-refractivity contribution >= 4 is 21.8 Å². The third-order valence-electron chi connectivity index (χ3n) is 2.39. The number of rotatable bonds is 2. The predicted molar refractivity (Wildman–Crippen MR) is 63.1 cm³/mol. The summed E-state index contributed by atoms with van der Waals surface area (Å²) < 4.78 is 6.49. The topological polar surface area (TPSA) is 34.5 Å². The Morgan fingerprint density at radius 3 is 2.80 bits per heavy atom. The van der Waals surface area contributed by atoms with Crippen LogP contribution in [0.15, 0.2) is 27.8 Å². The minimum absolute atomic E-state index is 0.269. The summed E-state index contributed by atoms with van der Waals surface area (Å²) in [6.07, 6.45) is 1.75. The zero-order valence-electron chi connectivity index (χ0n) is 8.77. The summed E-state index contributed by atoms with van der Waals surface area (Å²) in [6.45, 7) is 4.97. The molecule has 1 aliphatic rings. The quantitative estimate of drug-likeness (QED) is 0.827. The summed E-state index contributed by atoms with van der Waals surface area (Å²) in [6, 6.07) is 4.12. The molecule has 0 saturated carbocycles. The molecular weight excluding hydrogens is 256 g/mol. The minimum atomic E-state index is 0.269. The summed E-state index contributed by atoms with van der Waals surface area (Å²) in [7, 11) is 0. The fourth-order valence-electron chi connectivity index (χ4n) is 1.37. The molecule has 2 rings (SSSR count). The van der Waals surface area contributed by atoms with Gasteiger partial charge in [0.25, 0.3) is 0 Å². The Kier molecular flexibility index (Phi) is 3.05. The van der Waals surface area contributed by atoms with E-state index in [1.54, 1.807) is 6.20 Å². The highest BCUT2D eigenvalue weighted by molar-refractivity contribution is 9.10. The number of hydrogen-bond acceptors (Lipinski definition) is 3. The Bertz CT molecular complexity index is 373. The van der Waals surface area contributed by atoms with Crippen molar-refractivity contribution in [2.24, 2.45) is 10.9 Å². The first-order valence-electron chi connectivity index (χ1n) is 4.99. The molecule has 80 valence electrons. The maximum atomic E-state index is 5.52. The highest BCUT2D eigenvalue weighted by Crippen LogP contribution is 2.17. The van der Waals surface area contributed by atoms with E-state index in [1.807, 2.05) is 12.1 Å². The highest BCUT2D eigenvalue weighted by Gasteiger charge is 2.23. The van der Waals surface area contributed by atoms with Gasteiger partial charge in [-0.05, 0) is 34.0 Å². The smallest absolute Gasteiger partial charge is 0.235 e. The molecule has 3 nitrogen and oxygen atoms in total. The third-order valence-corrected chi connectivity index (χ3v) is 2.86. The van der Waals surface area contributed by atoms with Crippen LogP contribution in [0, 0.1) is 5.92 Å². The van der Waals surface area contributed by atoms with Crippen molar-refractivity contribution in [1.82, 2.24) is 4.98 Å². The lowest BCUT2D eigenvalue weighted by Gasteiger charge is -2.06. The molecule has 0 amide bonds. The molecule has 1 unspecified atom stereocenters. The summed E-state index contributed by atoms with van der Waals surface area (Å²) >= 11 is 3.35. The van der Waals surface area contributed by atoms with Crippen LogP contribution in [0.2, 0.25) is 0 Å². The van der Waals surface area contributed by atoms with Gasteiger partial charge in [0.05, 0.1) is 6.04 Å². The SMILES string of the molecule is CC(C)C1COC(c2ccc(Br)cn2)=N1. The van der Waals surface area contributed by atoms with Crippen LogP contribution in [0.5, 0.6) is 0 Å². The van der Waals surface area contributed by atoms with Crippen LogP contribution in [0.25, 0.3) is 0 Å². The number of aromatic nitrogens is 1. The van der Waals surface area contributed by atoms with Gasteiger partial charge in [0.2, 0.25) is 5.90 Å². The van der Waals surface area contributed by atoms with Crippen LogP contribution >= 0.6 is 15.9 Å². The molecule has 1 atom stereocenters. The molecule has 0 radical (unpaired) electrons. The van der Waals surface area contributed by atoms with Crippen molar-refractivity contribution in [3.05, 3.63) is 28.5 Å². The van der Waals surface area contributed by atoms with E-state index >= 15 is 0 Å². The van der Waals surface area contributed by atoms with E-state index in [0.29, 0.717) is 18.4 Å². The summed E-state index contributed by atoms with van der Waals surface area (Å²) in [4.78, 5) is 8.76. The first-order valence-corrected chi connectivity index (χ1v) is 5.78. The monoisotopic (exact) mass is 268 g/mol. The van der Waals surface area contributed by atoms with Gasteiger partial charge in [0.1, 0.15) is 12.3 Å². The zero-order chi connectivity index (χ0) is 10.8. The lowest BCUT2D eigenvalue weighted by atomic mass is 10.1. The van der Waals surface area contributed by atoms with Gasteiger partial charge in [0.15, 0.2) is 0 Å². The minimum Gasteiger partial charge on any atom is -0.474 e. The van der Waals surface area contributed by atoms with E-state index in [4.69, 9.17) is 4.74 Å². The second-order valence-corrected chi connectivity index (χ2v) is 4.83. The molecule has 0 saturated heterocycles. The molecule has 0 N–H and O–H groups in total. The predicted octanol–water partition coefficient (Wildman–Crippen LogP) is 2.65. The molecule has 0 aromatic carbocycles. The number of pyridine rings is 1. The molecule has 0 fully saturated rings. The van der Waals surface area contributed by atoms with Crippen molar-refractivity contribution in [2.75, 3.05) is 6.61 Å². The van der Waals surface area contributed by atoms with Crippen molar-refractivity contribution in [3.8, 4) is 0 Å². The molecule has 0 aliphatic carbocycles. The van der Waals surface area contributed by atoms with Crippen molar-refractivity contribution in [3.63, 3.8) is 0 Å². The van der Waals surface area contributed by atoms with Gasteiger partial charge in [-0.2, -0.15) is 0 Å². The second-order valence-electron chi connectivity index (χ2n) is 3.92. The van der Waals surface area contributed by atoms with Gasteiger partial charge < -0.3 is 4.74 Å². The van der Waals surface area contributed by atoms with Crippen molar-refractivity contribution in [1.29, 1.82) is 0 Å². The summed E-state index contributed by atoms with van der Waals surface area (Å²) in [5.41, 5.74) is 0.807. The molecule has 15 heavy (non-hydrogen) atoms. The zero-order valence-corrected chi connectivity index (χ0v) is 10.4. The number of hydrogen-bond donors (Lipinski definition) is 0. The van der Waals surface area contributed by atoms with Gasteiger partial charge in [-0.3, -0.25) is 4.98 Å². The second kappa shape index (κ2) is 4.31. The number of ether oxygens (including phenoxy) is 1. The molecule has 0 spiro atoms. The maximum Gasteiger partial charge on any atom is 0.235 e. The van der Waals surface area contributed by atoms with Crippen LogP contribution in [0.3, 0.4) is 0 Å². The molecule has 1 aromatic rings. The largest absolute Gasteiger partial charge is 0.474 e. The van der Waals surface area contributed by atoms with E-state index in [2.05, 4.69) is 39.8 Å². The van der Waals surface area contributed by atoms with Crippen LogP contribution in [-0.2, 0) is 4.74 Å². The van der Waals surface area contributed by atoms with Gasteiger partial charge >= 0.3 is 0 Å². The van der Waals surface area contributed by atoms with Gasteiger partial charge in [-0.15, -0.1) is 0 Å². The maximum absolute atomic E-state index is 5.52. The molecular formula is C11H13BrN2O. The lowest BCUT2D eigenvalue weighted by Crippen LogP contribution is -2.13. The van der Waals surface area contributed by atoms with E-state index in [9.17, 15) is 0 Å². The van der Waals surface area contributed by atoms with E-state index in [1.165, 1.54) is 0 Å². The Labute approximate surface area is 97.7 Å². The average Bonchev–Trinajstić information content (AvgIpc) is 2.68. The molecule has 0 bridgehead atoms. The highest BCUT2D eigenvalue weighted by atomic mass is 79.9. The Morgan fingerprint density at radius 1 is 1.47 bits per heavy atom. The standard InChI is InChI=1S/C11H13BrN2O/c1-7(2)10-6-15-11(14-10)9-4-3-8(12)5-13-9/h3-5,7,10H,6H2,1-2H3.